The molecule has 0 atom stereocenters. The number of hydrogen-bond donors (Lipinski definition) is 3. The fourth-order valence-corrected chi connectivity index (χ4v) is 2.63. The lowest BCUT2D eigenvalue weighted by Crippen LogP contribution is -2.50. The lowest BCUT2D eigenvalue weighted by Gasteiger charge is -2.37. The van der Waals surface area contributed by atoms with Gasteiger partial charge in [0.2, 0.25) is 0 Å². The molecule has 1 fully saturated rings. The van der Waals surface area contributed by atoms with Crippen LogP contribution >= 0.6 is 0 Å². The van der Waals surface area contributed by atoms with Gasteiger partial charge in [0.25, 0.3) is 0 Å². The van der Waals surface area contributed by atoms with Crippen molar-refractivity contribution in [3.05, 3.63) is 35.6 Å². The number of guanidine groups is 1. The van der Waals surface area contributed by atoms with Crippen molar-refractivity contribution in [2.75, 3.05) is 19.6 Å². The molecule has 0 aromatic heterocycles. The summed E-state index contributed by atoms with van der Waals surface area (Å²) >= 11 is 0. The van der Waals surface area contributed by atoms with Crippen LogP contribution in [-0.4, -0.2) is 36.3 Å². The molecular weight excluding hydrogens is 293 g/mol. The first-order chi connectivity index (χ1) is 10.8. The summed E-state index contributed by atoms with van der Waals surface area (Å²) in [5.74, 6) is 0.467. The molecule has 1 aromatic carbocycles. The minimum absolute atomic E-state index is 0.225. The van der Waals surface area contributed by atoms with Gasteiger partial charge in [-0.2, -0.15) is 0 Å². The molecule has 0 aliphatic heterocycles. The highest BCUT2D eigenvalue weighted by molar-refractivity contribution is 5.79. The Morgan fingerprint density at radius 2 is 2.09 bits per heavy atom. The number of rotatable bonds is 6. The van der Waals surface area contributed by atoms with Crippen LogP contribution in [0.15, 0.2) is 29.3 Å². The normalized spacial score (nSPS) is 17.5. The lowest BCUT2D eigenvalue weighted by molar-refractivity contribution is -0.0279. The first-order valence-corrected chi connectivity index (χ1v) is 8.35. The van der Waals surface area contributed by atoms with Crippen LogP contribution in [0.5, 0.6) is 0 Å². The van der Waals surface area contributed by atoms with E-state index >= 15 is 0 Å². The highest BCUT2D eigenvalue weighted by Crippen LogP contribution is 2.30. The van der Waals surface area contributed by atoms with Crippen LogP contribution in [0.4, 0.5) is 4.39 Å². The Morgan fingerprint density at radius 1 is 1.35 bits per heavy atom. The van der Waals surface area contributed by atoms with E-state index in [2.05, 4.69) is 15.6 Å². The van der Waals surface area contributed by atoms with E-state index in [1.54, 1.807) is 12.1 Å². The second-order valence-electron chi connectivity index (χ2n) is 7.02. The molecule has 0 saturated heterocycles. The average molecular weight is 321 g/mol. The monoisotopic (exact) mass is 321 g/mol. The minimum Gasteiger partial charge on any atom is -0.388 e. The summed E-state index contributed by atoms with van der Waals surface area (Å²) in [4.78, 5) is 4.61. The molecule has 3 N–H and O–H groups in total. The van der Waals surface area contributed by atoms with Gasteiger partial charge in [0, 0.05) is 18.5 Å². The number of aliphatic imine (C=N–C) groups is 1. The molecule has 1 aliphatic rings. The predicted octanol–water partition coefficient (Wildman–Crippen LogP) is 2.57. The van der Waals surface area contributed by atoms with Gasteiger partial charge in [0.05, 0.1) is 12.1 Å². The number of aliphatic hydroxyl groups is 1. The molecule has 0 amide bonds. The summed E-state index contributed by atoms with van der Waals surface area (Å²) in [6.07, 6.45) is 2.76. The molecule has 23 heavy (non-hydrogen) atoms. The maximum atomic E-state index is 13.4. The molecule has 1 aliphatic carbocycles. The van der Waals surface area contributed by atoms with Gasteiger partial charge in [-0.25, -0.2) is 4.39 Å². The fourth-order valence-electron chi connectivity index (χ4n) is 2.63. The van der Waals surface area contributed by atoms with Gasteiger partial charge >= 0.3 is 0 Å². The number of hydrogen-bond acceptors (Lipinski definition) is 2. The maximum Gasteiger partial charge on any atom is 0.191 e. The summed E-state index contributed by atoms with van der Waals surface area (Å²) in [7, 11) is 0. The molecule has 0 spiro atoms. The van der Waals surface area contributed by atoms with Gasteiger partial charge in [0.1, 0.15) is 5.82 Å². The Balaban J connectivity index is 2.00. The zero-order valence-electron chi connectivity index (χ0n) is 14.3. The van der Waals surface area contributed by atoms with Crippen LogP contribution in [-0.2, 0) is 5.41 Å². The third-order valence-corrected chi connectivity index (χ3v) is 4.45. The minimum atomic E-state index is -0.589. The second-order valence-corrected chi connectivity index (χ2v) is 7.02. The molecule has 0 heterocycles. The SMILES string of the molecule is CCNC(=NCC(C)(C)c1cccc(F)c1)NCC1(O)CCC1. The molecule has 4 nitrogen and oxygen atoms in total. The summed E-state index contributed by atoms with van der Waals surface area (Å²) in [6.45, 7) is 7.91. The number of halogens is 1. The third-order valence-electron chi connectivity index (χ3n) is 4.45. The molecular formula is C18H28FN3O. The van der Waals surface area contributed by atoms with Crippen molar-refractivity contribution in [2.24, 2.45) is 4.99 Å². The van der Waals surface area contributed by atoms with Crippen molar-refractivity contribution in [3.63, 3.8) is 0 Å². The molecule has 128 valence electrons. The van der Waals surface area contributed by atoms with Crippen molar-refractivity contribution >= 4 is 5.96 Å². The van der Waals surface area contributed by atoms with Crippen LogP contribution in [0.1, 0.15) is 45.6 Å². The zero-order valence-corrected chi connectivity index (χ0v) is 14.3. The highest BCUT2D eigenvalue weighted by Gasteiger charge is 2.34. The summed E-state index contributed by atoms with van der Waals surface area (Å²) in [5.41, 5.74) is 0.0706. The molecule has 1 saturated carbocycles. The molecule has 2 rings (SSSR count). The van der Waals surface area contributed by atoms with Gasteiger partial charge < -0.3 is 15.7 Å². The van der Waals surface area contributed by atoms with Gasteiger partial charge in [-0.1, -0.05) is 26.0 Å². The Kier molecular flexibility index (Phi) is 5.63. The van der Waals surface area contributed by atoms with Crippen LogP contribution in [0.25, 0.3) is 0 Å². The summed E-state index contributed by atoms with van der Waals surface area (Å²) < 4.78 is 13.4. The van der Waals surface area contributed by atoms with E-state index in [1.807, 2.05) is 26.8 Å². The zero-order chi connectivity index (χ0) is 16.9. The van der Waals surface area contributed by atoms with E-state index in [0.29, 0.717) is 19.0 Å². The molecule has 1 aromatic rings. The van der Waals surface area contributed by atoms with Gasteiger partial charge in [-0.15, -0.1) is 0 Å². The molecule has 5 heteroatoms. The van der Waals surface area contributed by atoms with Gasteiger partial charge in [-0.3, -0.25) is 4.99 Å². The maximum absolute atomic E-state index is 13.4. The van der Waals surface area contributed by atoms with Crippen LogP contribution in [0.2, 0.25) is 0 Å². The van der Waals surface area contributed by atoms with Crippen LogP contribution in [0, 0.1) is 5.82 Å². The van der Waals surface area contributed by atoms with Crippen molar-refractivity contribution in [1.29, 1.82) is 0 Å². The van der Waals surface area contributed by atoms with E-state index in [-0.39, 0.29) is 11.2 Å². The van der Waals surface area contributed by atoms with Crippen LogP contribution < -0.4 is 10.6 Å². The molecule has 0 unspecified atom stereocenters. The summed E-state index contributed by atoms with van der Waals surface area (Å²) in [5, 5.41) is 16.6. The fraction of sp³-hybridized carbons (Fsp3) is 0.611. The first-order valence-electron chi connectivity index (χ1n) is 8.35. The van der Waals surface area contributed by atoms with Crippen molar-refractivity contribution in [2.45, 2.75) is 51.0 Å². The first kappa shape index (κ1) is 17.7. The van der Waals surface area contributed by atoms with Crippen molar-refractivity contribution in [1.82, 2.24) is 10.6 Å². The highest BCUT2D eigenvalue weighted by atomic mass is 19.1. The average Bonchev–Trinajstić information content (AvgIpc) is 2.48. The quantitative estimate of drug-likeness (QED) is 0.557. The molecule has 0 bridgehead atoms. The second kappa shape index (κ2) is 7.30. The van der Waals surface area contributed by atoms with E-state index < -0.39 is 5.60 Å². The van der Waals surface area contributed by atoms with Crippen LogP contribution in [0.3, 0.4) is 0 Å². The Labute approximate surface area is 138 Å². The van der Waals surface area contributed by atoms with Crippen molar-refractivity contribution in [3.8, 4) is 0 Å². The standard InChI is InChI=1S/C18H28FN3O/c1-4-20-16(22-13-18(23)9-6-10-18)21-12-17(2,3)14-7-5-8-15(19)11-14/h5,7-8,11,23H,4,6,9-10,12-13H2,1-3H3,(H2,20,21,22). The summed E-state index contributed by atoms with van der Waals surface area (Å²) in [6, 6.07) is 6.67. The number of benzene rings is 1. The number of nitrogens with one attached hydrogen (secondary N) is 2. The van der Waals surface area contributed by atoms with Crippen molar-refractivity contribution < 1.29 is 9.50 Å². The van der Waals surface area contributed by atoms with E-state index in [1.165, 1.54) is 6.07 Å². The lowest BCUT2D eigenvalue weighted by atomic mass is 9.80. The van der Waals surface area contributed by atoms with Gasteiger partial charge in [-0.05, 0) is 43.9 Å². The van der Waals surface area contributed by atoms with E-state index in [4.69, 9.17) is 0 Å². The molecule has 0 radical (unpaired) electrons. The van der Waals surface area contributed by atoms with Gasteiger partial charge in [0.15, 0.2) is 5.96 Å². The largest absolute Gasteiger partial charge is 0.388 e. The smallest absolute Gasteiger partial charge is 0.191 e. The number of nitrogens with zero attached hydrogens (tertiary/aromatic N) is 1. The Morgan fingerprint density at radius 3 is 2.65 bits per heavy atom. The third kappa shape index (κ3) is 4.93. The Hall–Kier alpha value is -1.62. The van der Waals surface area contributed by atoms with E-state index in [9.17, 15) is 9.50 Å². The predicted molar refractivity (Wildman–Crippen MR) is 92.2 cm³/mol. The Bertz CT molecular complexity index is 553. The van der Waals surface area contributed by atoms with E-state index in [0.717, 1.165) is 31.4 Å². The topological polar surface area (TPSA) is 56.7 Å².